The van der Waals surface area contributed by atoms with Crippen LogP contribution in [0.4, 0.5) is 0 Å². The molecule has 4 aromatic heterocycles. The van der Waals surface area contributed by atoms with Crippen LogP contribution in [0.2, 0.25) is 0 Å². The molecule has 4 N–H and O–H groups in total. The Morgan fingerprint density at radius 3 is 0.700 bits per heavy atom. The normalized spacial score (nSPS) is 12.2. The van der Waals surface area contributed by atoms with E-state index in [2.05, 4.69) is 68.5 Å². The topological polar surface area (TPSA) is 293 Å². The Balaban J connectivity index is 0.000000223. The number of hydrogen-bond acceptors (Lipinski definition) is 12. The van der Waals surface area contributed by atoms with Crippen molar-refractivity contribution in [1.82, 2.24) is 19.9 Å². The van der Waals surface area contributed by atoms with Crippen molar-refractivity contribution in [3.05, 3.63) is 219 Å². The molecule has 0 saturated carbocycles. The van der Waals surface area contributed by atoms with Crippen molar-refractivity contribution in [2.75, 3.05) is 0 Å². The molecule has 10 aromatic rings. The minimum absolute atomic E-state index is 0. The van der Waals surface area contributed by atoms with E-state index < -0.39 is 30.4 Å². The number of nitrogens with zero attached hydrogens (tertiary/aromatic N) is 4. The molecule has 0 aliphatic carbocycles. The SMILES string of the molecule is O=P(O)(O)c1ccccc1.O=P([O-])(O)c1ccccc1.O=P([O-])(O)c1ccccc1.O=P([O-])([O-])c1ccccc1.[Cu+2].[Cu+2].c1cnc2c(c1)ccc1cccnc12.c1cnc2c(c1)ccc1cccnc12. The molecule has 0 amide bonds. The smallest absolute Gasteiger partial charge is 0.807 e. The van der Waals surface area contributed by atoms with Crippen LogP contribution in [0, 0.1) is 0 Å². The summed E-state index contributed by atoms with van der Waals surface area (Å²) in [6.45, 7) is 0. The third-order valence-electron chi connectivity index (χ3n) is 9.02. The summed E-state index contributed by atoms with van der Waals surface area (Å²) < 4.78 is 41.7. The molecule has 0 saturated heterocycles. The molecule has 16 nitrogen and oxygen atoms in total. The van der Waals surface area contributed by atoms with Gasteiger partial charge in [0.1, 0.15) is 0 Å². The molecule has 6 aromatic carbocycles. The summed E-state index contributed by atoms with van der Waals surface area (Å²) in [4.78, 5) is 93.0. The first-order chi connectivity index (χ1) is 32.3. The van der Waals surface area contributed by atoms with Crippen molar-refractivity contribution in [3.63, 3.8) is 0 Å². The Morgan fingerprint density at radius 2 is 0.529 bits per heavy atom. The van der Waals surface area contributed by atoms with Gasteiger partial charge in [-0.05, 0) is 49.3 Å². The molecule has 2 unspecified atom stereocenters. The van der Waals surface area contributed by atoms with E-state index in [0.717, 1.165) is 43.6 Å². The molecule has 2 atom stereocenters. The number of benzene rings is 6. The molecule has 0 bridgehead atoms. The molecule has 0 fully saturated rings. The zero-order valence-electron chi connectivity index (χ0n) is 36.0. The van der Waals surface area contributed by atoms with Gasteiger partial charge < -0.3 is 52.8 Å². The van der Waals surface area contributed by atoms with Gasteiger partial charge in [0.25, 0.3) is 0 Å². The van der Waals surface area contributed by atoms with E-state index >= 15 is 0 Å². The fourth-order valence-corrected chi connectivity index (χ4v) is 8.02. The second kappa shape index (κ2) is 27.8. The summed E-state index contributed by atoms with van der Waals surface area (Å²) in [5.41, 5.74) is 3.91. The predicted octanol–water partition coefficient (Wildman–Crippen LogP) is 4.99. The Morgan fingerprint density at radius 1 is 0.300 bits per heavy atom. The van der Waals surface area contributed by atoms with E-state index in [1.165, 1.54) is 60.7 Å². The number of rotatable bonds is 4. The molecule has 2 radical (unpaired) electrons. The van der Waals surface area contributed by atoms with Crippen LogP contribution < -0.4 is 40.8 Å². The Labute approximate surface area is 423 Å². The van der Waals surface area contributed by atoms with Crippen molar-refractivity contribution in [1.29, 1.82) is 0 Å². The van der Waals surface area contributed by atoms with Gasteiger partial charge in [0.05, 0.1) is 27.4 Å². The van der Waals surface area contributed by atoms with E-state index in [-0.39, 0.29) is 55.4 Å². The largest absolute Gasteiger partial charge is 2.00 e. The fourth-order valence-electron chi connectivity index (χ4n) is 5.82. The van der Waals surface area contributed by atoms with E-state index in [0.29, 0.717) is 0 Å². The first-order valence-corrected chi connectivity index (χ1v) is 26.2. The fraction of sp³-hybridized carbons (Fsp3) is 0. The Kier molecular flexibility index (Phi) is 23.4. The van der Waals surface area contributed by atoms with Gasteiger partial charge in [0, 0.05) is 56.9 Å². The van der Waals surface area contributed by atoms with E-state index in [1.54, 1.807) is 85.5 Å². The summed E-state index contributed by atoms with van der Waals surface area (Å²) >= 11 is 0. The van der Waals surface area contributed by atoms with Crippen molar-refractivity contribution >= 4 is 95.2 Å². The molecule has 4 heterocycles. The van der Waals surface area contributed by atoms with Crippen molar-refractivity contribution in [2.45, 2.75) is 0 Å². The van der Waals surface area contributed by atoms with E-state index in [1.807, 2.05) is 24.3 Å². The second-order valence-corrected chi connectivity index (χ2v) is 20.1. The molecule has 0 spiro atoms. The Bertz CT molecular complexity index is 2920. The molecule has 366 valence electrons. The van der Waals surface area contributed by atoms with Crippen LogP contribution in [0.15, 0.2) is 219 Å². The van der Waals surface area contributed by atoms with Gasteiger partial charge in [0.2, 0.25) is 0 Å². The number of hydrogen-bond donors (Lipinski definition) is 4. The standard InChI is InChI=1S/2C12H8N2.4C6H7O3P.2Cu/c2*1-3-9-5-6-10-4-2-8-14-12(10)11(9)13-7-1;4*7-10(8,9)6-4-2-1-3-5-6;;/h2*1-8H;4*1-5H,(H2,7,8,9);;/q;;;;;;2*+2/p-4. The first-order valence-electron chi connectivity index (χ1n) is 19.9. The molecule has 22 heteroatoms. The van der Waals surface area contributed by atoms with Crippen LogP contribution >= 0.6 is 30.4 Å². The predicted molar refractivity (Wildman–Crippen MR) is 258 cm³/mol. The average molecular weight is 1120 g/mol. The van der Waals surface area contributed by atoms with Crippen molar-refractivity contribution in [3.8, 4) is 0 Å². The zero-order chi connectivity index (χ0) is 49.2. The summed E-state index contributed by atoms with van der Waals surface area (Å²) in [7, 11) is -17.1. The quantitative estimate of drug-likeness (QED) is 0.103. The van der Waals surface area contributed by atoms with Gasteiger partial charge >= 0.3 is 41.7 Å². The van der Waals surface area contributed by atoms with Gasteiger partial charge in [-0.3, -0.25) is 24.5 Å². The van der Waals surface area contributed by atoms with Gasteiger partial charge in [-0.1, -0.05) is 158 Å². The number of pyridine rings is 4. The van der Waals surface area contributed by atoms with E-state index in [9.17, 15) is 37.8 Å². The van der Waals surface area contributed by atoms with Crippen LogP contribution in [0.3, 0.4) is 0 Å². The maximum Gasteiger partial charge on any atom is 2.00 e. The van der Waals surface area contributed by atoms with E-state index in [4.69, 9.17) is 19.6 Å². The zero-order valence-corrected chi connectivity index (χ0v) is 41.5. The van der Waals surface area contributed by atoms with Gasteiger partial charge in [-0.25, -0.2) is 0 Å². The second-order valence-electron chi connectivity index (χ2n) is 13.9. The Hall–Kier alpha value is -5.40. The minimum atomic E-state index is -4.52. The third-order valence-corrected chi connectivity index (χ3v) is 12.8. The molecular formula is C48H40Cu2N4O12P4. The number of fused-ring (bicyclic) bond motifs is 6. The molecule has 0 aliphatic heterocycles. The summed E-state index contributed by atoms with van der Waals surface area (Å²) in [6, 6.07) is 54.1. The third kappa shape index (κ3) is 18.7. The average Bonchev–Trinajstić information content (AvgIpc) is 3.35. The minimum Gasteiger partial charge on any atom is -0.807 e. The van der Waals surface area contributed by atoms with Crippen LogP contribution in [-0.4, -0.2) is 39.5 Å². The summed E-state index contributed by atoms with van der Waals surface area (Å²) in [6.07, 6.45) is 7.21. The summed E-state index contributed by atoms with van der Waals surface area (Å²) in [5.74, 6) is 0. The maximum absolute atomic E-state index is 10.5. The molecule has 10 rings (SSSR count). The first kappa shape index (κ1) is 58.9. The molecule has 0 aliphatic rings. The monoisotopic (exact) mass is 1110 g/mol. The summed E-state index contributed by atoms with van der Waals surface area (Å²) in [5, 5.41) is 4.37. The van der Waals surface area contributed by atoms with Crippen LogP contribution in [-0.2, 0) is 52.4 Å². The maximum atomic E-state index is 10.5. The van der Waals surface area contributed by atoms with Gasteiger partial charge in [-0.2, -0.15) is 0 Å². The van der Waals surface area contributed by atoms with Crippen LogP contribution in [0.1, 0.15) is 0 Å². The van der Waals surface area contributed by atoms with Crippen molar-refractivity contribution in [2.24, 2.45) is 0 Å². The molecule has 70 heavy (non-hydrogen) atoms. The molecular weight excluding hydrogens is 1080 g/mol. The van der Waals surface area contributed by atoms with Crippen LogP contribution in [0.25, 0.3) is 43.6 Å². The van der Waals surface area contributed by atoms with Crippen molar-refractivity contribution < 1.29 is 91.5 Å². The van der Waals surface area contributed by atoms with Gasteiger partial charge in [-0.15, -0.1) is 0 Å². The van der Waals surface area contributed by atoms with Gasteiger partial charge in [0.15, 0.2) is 15.2 Å². The van der Waals surface area contributed by atoms with Crippen LogP contribution in [0.5, 0.6) is 0 Å². The number of aromatic nitrogens is 4.